The Morgan fingerprint density at radius 1 is 1.21 bits per heavy atom. The highest BCUT2D eigenvalue weighted by atomic mass is 19.4. The van der Waals surface area contributed by atoms with Crippen molar-refractivity contribution in [3.8, 4) is 0 Å². The number of carbonyl (C=O) groups excluding carboxylic acids is 3. The van der Waals surface area contributed by atoms with Crippen molar-refractivity contribution in [2.24, 2.45) is 11.8 Å². The average Bonchev–Trinajstić information content (AvgIpc) is 3.23. The second-order valence-electron chi connectivity index (χ2n) is 8.10. The predicted octanol–water partition coefficient (Wildman–Crippen LogP) is 2.07. The number of imide groups is 1. The van der Waals surface area contributed by atoms with Crippen LogP contribution in [0.1, 0.15) is 56.3 Å². The number of carbonyl (C=O) groups is 3. The first-order valence-corrected chi connectivity index (χ1v) is 9.98. The Bertz CT molecular complexity index is 850. The summed E-state index contributed by atoms with van der Waals surface area (Å²) in [6, 6.07) is 0.490. The summed E-state index contributed by atoms with van der Waals surface area (Å²) >= 11 is 0. The zero-order chi connectivity index (χ0) is 20.9. The molecule has 0 aromatic carbocycles. The van der Waals surface area contributed by atoms with Crippen LogP contribution < -0.4 is 5.32 Å². The number of amides is 3. The highest BCUT2D eigenvalue weighted by molar-refractivity contribution is 6.02. The van der Waals surface area contributed by atoms with E-state index in [0.29, 0.717) is 37.9 Å². The molecule has 0 radical (unpaired) electrons. The van der Waals surface area contributed by atoms with Crippen LogP contribution in [0.25, 0.3) is 0 Å². The summed E-state index contributed by atoms with van der Waals surface area (Å²) in [7, 11) is 0. The van der Waals surface area contributed by atoms with Gasteiger partial charge in [0, 0.05) is 31.3 Å². The van der Waals surface area contributed by atoms with Gasteiger partial charge in [-0.1, -0.05) is 0 Å². The SMILES string of the molecule is CCn1nc(C2CCC3C(=O)N(C4CCC(=O)NC4=O)CC3C2)cc1C(F)(F)F. The first kappa shape index (κ1) is 19.9. The van der Waals surface area contributed by atoms with Gasteiger partial charge in [0.1, 0.15) is 11.7 Å². The van der Waals surface area contributed by atoms with Gasteiger partial charge in [-0.05, 0) is 44.6 Å². The lowest BCUT2D eigenvalue weighted by Crippen LogP contribution is -2.53. The smallest absolute Gasteiger partial charge is 0.330 e. The summed E-state index contributed by atoms with van der Waals surface area (Å²) in [5.74, 6) is -1.24. The maximum Gasteiger partial charge on any atom is 0.433 e. The van der Waals surface area contributed by atoms with Crippen molar-refractivity contribution < 1.29 is 27.6 Å². The normalized spacial score (nSPS) is 30.5. The average molecular weight is 412 g/mol. The Kier molecular flexibility index (Phi) is 4.90. The van der Waals surface area contributed by atoms with Crippen LogP contribution in [0.4, 0.5) is 13.2 Å². The molecule has 1 saturated carbocycles. The minimum atomic E-state index is -4.45. The molecule has 4 rings (SSSR count). The minimum absolute atomic E-state index is 0.0206. The van der Waals surface area contributed by atoms with E-state index in [1.54, 1.807) is 11.8 Å². The molecule has 4 unspecified atom stereocenters. The monoisotopic (exact) mass is 412 g/mol. The second-order valence-corrected chi connectivity index (χ2v) is 8.10. The number of likely N-dealkylation sites (tertiary alicyclic amines) is 1. The minimum Gasteiger partial charge on any atom is -0.330 e. The number of fused-ring (bicyclic) bond motifs is 1. The van der Waals surface area contributed by atoms with E-state index < -0.39 is 23.8 Å². The van der Waals surface area contributed by atoms with Gasteiger partial charge in [0.25, 0.3) is 0 Å². The summed E-state index contributed by atoms with van der Waals surface area (Å²) in [5, 5.41) is 6.46. The van der Waals surface area contributed by atoms with Crippen molar-refractivity contribution in [2.45, 2.75) is 63.7 Å². The largest absolute Gasteiger partial charge is 0.433 e. The fraction of sp³-hybridized carbons (Fsp3) is 0.684. The van der Waals surface area contributed by atoms with E-state index in [-0.39, 0.29) is 42.5 Å². The molecule has 0 bridgehead atoms. The number of piperidine rings is 1. The van der Waals surface area contributed by atoms with Gasteiger partial charge in [-0.3, -0.25) is 24.4 Å². The van der Waals surface area contributed by atoms with Crippen molar-refractivity contribution in [1.82, 2.24) is 20.0 Å². The van der Waals surface area contributed by atoms with Crippen molar-refractivity contribution in [3.05, 3.63) is 17.5 Å². The van der Waals surface area contributed by atoms with Gasteiger partial charge in [-0.25, -0.2) is 0 Å². The van der Waals surface area contributed by atoms with Gasteiger partial charge >= 0.3 is 6.18 Å². The number of nitrogens with zero attached hydrogens (tertiary/aromatic N) is 3. The van der Waals surface area contributed by atoms with Crippen molar-refractivity contribution >= 4 is 17.7 Å². The number of nitrogens with one attached hydrogen (secondary N) is 1. The van der Waals surface area contributed by atoms with Crippen LogP contribution in [0.15, 0.2) is 6.07 Å². The molecule has 4 atom stereocenters. The van der Waals surface area contributed by atoms with E-state index in [2.05, 4.69) is 10.4 Å². The second kappa shape index (κ2) is 7.14. The summed E-state index contributed by atoms with van der Waals surface area (Å²) in [4.78, 5) is 37.9. The molecule has 1 aromatic heterocycles. The molecule has 1 aromatic rings. The number of halogens is 3. The van der Waals surface area contributed by atoms with Gasteiger partial charge in [-0.15, -0.1) is 0 Å². The van der Waals surface area contributed by atoms with E-state index in [4.69, 9.17) is 0 Å². The standard InChI is InChI=1S/C19H23F3N4O3/c1-2-26-15(19(20,21)22)8-13(24-26)10-3-4-12-11(7-10)9-25(18(12)29)14-5-6-16(27)23-17(14)28/h8,10-12,14H,2-7,9H2,1H3,(H,23,27,28). The van der Waals surface area contributed by atoms with Crippen molar-refractivity contribution in [3.63, 3.8) is 0 Å². The Morgan fingerprint density at radius 3 is 2.59 bits per heavy atom. The van der Waals surface area contributed by atoms with E-state index in [9.17, 15) is 27.6 Å². The zero-order valence-corrected chi connectivity index (χ0v) is 16.0. The first-order chi connectivity index (χ1) is 13.7. The topological polar surface area (TPSA) is 84.3 Å². The third kappa shape index (κ3) is 3.53. The van der Waals surface area contributed by atoms with Crippen LogP contribution in [0.5, 0.6) is 0 Å². The molecule has 3 fully saturated rings. The Balaban J connectivity index is 1.50. The highest BCUT2D eigenvalue weighted by Crippen LogP contribution is 2.45. The van der Waals surface area contributed by atoms with Crippen LogP contribution in [-0.2, 0) is 27.1 Å². The number of hydrogen-bond acceptors (Lipinski definition) is 4. The summed E-state index contributed by atoms with van der Waals surface area (Å²) in [6.07, 6.45) is -2.21. The third-order valence-electron chi connectivity index (χ3n) is 6.41. The van der Waals surface area contributed by atoms with E-state index in [1.165, 1.54) is 0 Å². The van der Waals surface area contributed by atoms with Gasteiger partial charge in [0.15, 0.2) is 0 Å². The highest BCUT2D eigenvalue weighted by Gasteiger charge is 2.49. The number of rotatable bonds is 3. The van der Waals surface area contributed by atoms with Crippen LogP contribution in [0, 0.1) is 11.8 Å². The van der Waals surface area contributed by atoms with Crippen LogP contribution in [0.2, 0.25) is 0 Å². The van der Waals surface area contributed by atoms with Crippen LogP contribution >= 0.6 is 0 Å². The molecular weight excluding hydrogens is 389 g/mol. The molecule has 158 valence electrons. The molecule has 7 nitrogen and oxygen atoms in total. The summed E-state index contributed by atoms with van der Waals surface area (Å²) in [5.41, 5.74) is -0.325. The summed E-state index contributed by atoms with van der Waals surface area (Å²) in [6.45, 7) is 2.15. The molecule has 29 heavy (non-hydrogen) atoms. The maximum atomic E-state index is 13.2. The molecular formula is C19H23F3N4O3. The quantitative estimate of drug-likeness (QED) is 0.771. The molecule has 1 N–H and O–H groups in total. The zero-order valence-electron chi connectivity index (χ0n) is 16.0. The van der Waals surface area contributed by atoms with Crippen molar-refractivity contribution in [2.75, 3.05) is 6.54 Å². The maximum absolute atomic E-state index is 13.2. The summed E-state index contributed by atoms with van der Waals surface area (Å²) < 4.78 is 40.7. The number of alkyl halides is 3. The first-order valence-electron chi connectivity index (χ1n) is 9.98. The Hall–Kier alpha value is -2.39. The number of aryl methyl sites for hydroxylation is 1. The van der Waals surface area contributed by atoms with E-state index in [1.807, 2.05) is 0 Å². The lowest BCUT2D eigenvalue weighted by atomic mass is 9.74. The molecule has 2 aliphatic heterocycles. The van der Waals surface area contributed by atoms with Gasteiger partial charge in [0.05, 0.1) is 5.69 Å². The van der Waals surface area contributed by atoms with Gasteiger partial charge in [-0.2, -0.15) is 18.3 Å². The predicted molar refractivity (Wildman–Crippen MR) is 94.4 cm³/mol. The van der Waals surface area contributed by atoms with E-state index in [0.717, 1.165) is 10.7 Å². The third-order valence-corrected chi connectivity index (χ3v) is 6.41. The van der Waals surface area contributed by atoms with Crippen LogP contribution in [0.3, 0.4) is 0 Å². The molecule has 2 saturated heterocycles. The van der Waals surface area contributed by atoms with E-state index >= 15 is 0 Å². The Morgan fingerprint density at radius 2 is 1.97 bits per heavy atom. The molecule has 3 amide bonds. The van der Waals surface area contributed by atoms with Crippen LogP contribution in [-0.4, -0.2) is 45.0 Å². The molecule has 1 aliphatic carbocycles. The molecule has 3 heterocycles. The fourth-order valence-corrected chi connectivity index (χ4v) is 4.98. The van der Waals surface area contributed by atoms with Gasteiger partial charge in [0.2, 0.25) is 17.7 Å². The molecule has 10 heteroatoms. The lowest BCUT2D eigenvalue weighted by molar-refractivity contribution is -0.145. The molecule has 0 spiro atoms. The Labute approximate surface area is 165 Å². The fourth-order valence-electron chi connectivity index (χ4n) is 4.98. The van der Waals surface area contributed by atoms with Crippen molar-refractivity contribution in [1.29, 1.82) is 0 Å². The number of aromatic nitrogens is 2. The van der Waals surface area contributed by atoms with Gasteiger partial charge < -0.3 is 4.90 Å². The molecule has 3 aliphatic rings. The number of hydrogen-bond donors (Lipinski definition) is 1. The lowest BCUT2D eigenvalue weighted by Gasteiger charge is -2.29.